The molecule has 0 saturated carbocycles. The van der Waals surface area contributed by atoms with E-state index < -0.39 is 0 Å². The number of oxazole rings is 1. The van der Waals surface area contributed by atoms with Crippen LogP contribution in [0.25, 0.3) is 17.4 Å². The van der Waals surface area contributed by atoms with Gasteiger partial charge in [0.25, 0.3) is 0 Å². The zero-order valence-corrected chi connectivity index (χ0v) is 16.7. The lowest BCUT2D eigenvalue weighted by molar-refractivity contribution is 0.344. The van der Waals surface area contributed by atoms with Gasteiger partial charge in [0.05, 0.1) is 18.6 Å². The summed E-state index contributed by atoms with van der Waals surface area (Å²) < 4.78 is 11.5. The van der Waals surface area contributed by atoms with Crippen LogP contribution in [0.4, 0.5) is 0 Å². The van der Waals surface area contributed by atoms with Gasteiger partial charge in [0, 0.05) is 16.6 Å². The van der Waals surface area contributed by atoms with Gasteiger partial charge >= 0.3 is 0 Å². The molecular formula is C21H20BrNO2S. The summed E-state index contributed by atoms with van der Waals surface area (Å²) in [6.07, 6.45) is 5.94. The monoisotopic (exact) mass is 429 g/mol. The van der Waals surface area contributed by atoms with Crippen molar-refractivity contribution in [1.29, 1.82) is 0 Å². The van der Waals surface area contributed by atoms with Crippen LogP contribution in [-0.2, 0) is 5.75 Å². The van der Waals surface area contributed by atoms with E-state index in [9.17, 15) is 0 Å². The lowest BCUT2D eigenvalue weighted by atomic mass is 10.1. The van der Waals surface area contributed by atoms with E-state index in [4.69, 9.17) is 9.15 Å². The summed E-state index contributed by atoms with van der Waals surface area (Å²) in [5.74, 6) is 4.08. The molecule has 0 aliphatic carbocycles. The van der Waals surface area contributed by atoms with Gasteiger partial charge < -0.3 is 9.15 Å². The molecule has 0 aliphatic heterocycles. The summed E-state index contributed by atoms with van der Waals surface area (Å²) in [6.45, 7) is 0.672. The number of nitrogens with zero attached hydrogens (tertiary/aromatic N) is 1. The number of aromatic nitrogens is 1. The van der Waals surface area contributed by atoms with Crippen molar-refractivity contribution in [3.8, 4) is 17.1 Å². The fourth-order valence-electron chi connectivity index (χ4n) is 2.34. The number of ether oxygens (including phenoxy) is 1. The third-order valence-electron chi connectivity index (χ3n) is 3.61. The summed E-state index contributed by atoms with van der Waals surface area (Å²) in [4.78, 5) is 4.37. The fourth-order valence-corrected chi connectivity index (χ4v) is 3.18. The van der Waals surface area contributed by atoms with Crippen molar-refractivity contribution in [1.82, 2.24) is 4.98 Å². The van der Waals surface area contributed by atoms with E-state index in [1.54, 1.807) is 18.0 Å². The van der Waals surface area contributed by atoms with Gasteiger partial charge in [-0.3, -0.25) is 0 Å². The minimum absolute atomic E-state index is 0.672. The summed E-state index contributed by atoms with van der Waals surface area (Å²) in [5.41, 5.74) is 2.21. The lowest BCUT2D eigenvalue weighted by Gasteiger charge is -2.04. The first-order valence-electron chi connectivity index (χ1n) is 8.38. The molecule has 0 N–H and O–H groups in total. The maximum absolute atomic E-state index is 5.86. The first-order chi connectivity index (χ1) is 12.8. The second kappa shape index (κ2) is 10.2. The van der Waals surface area contributed by atoms with Gasteiger partial charge in [-0.25, -0.2) is 4.98 Å². The molecular weight excluding hydrogens is 410 g/mol. The number of hydrogen-bond donors (Lipinski definition) is 0. The van der Waals surface area contributed by atoms with Gasteiger partial charge in [0.15, 0.2) is 5.76 Å². The van der Waals surface area contributed by atoms with Crippen LogP contribution in [0.3, 0.4) is 0 Å². The van der Waals surface area contributed by atoms with Crippen molar-refractivity contribution in [2.24, 2.45) is 0 Å². The molecule has 1 heterocycles. The average molecular weight is 430 g/mol. The summed E-state index contributed by atoms with van der Waals surface area (Å²) in [5, 5.41) is 0.855. The Morgan fingerprint density at radius 1 is 1.08 bits per heavy atom. The van der Waals surface area contributed by atoms with Crippen LogP contribution in [-0.4, -0.2) is 22.7 Å². The predicted octanol–water partition coefficient (Wildman–Crippen LogP) is 6.06. The molecule has 0 atom stereocenters. The van der Waals surface area contributed by atoms with Crippen molar-refractivity contribution < 1.29 is 9.15 Å². The van der Waals surface area contributed by atoms with Gasteiger partial charge in [-0.15, -0.1) is 11.8 Å². The van der Waals surface area contributed by atoms with Crippen LogP contribution in [0.5, 0.6) is 5.75 Å². The van der Waals surface area contributed by atoms with E-state index in [1.165, 1.54) is 5.56 Å². The van der Waals surface area contributed by atoms with Crippen molar-refractivity contribution >= 4 is 33.8 Å². The normalized spacial score (nSPS) is 11.1. The quantitative estimate of drug-likeness (QED) is 0.305. The highest BCUT2D eigenvalue weighted by Crippen LogP contribution is 2.23. The molecule has 2 aromatic carbocycles. The molecule has 0 spiro atoms. The number of rotatable bonds is 9. The Morgan fingerprint density at radius 3 is 2.65 bits per heavy atom. The highest BCUT2D eigenvalue weighted by Gasteiger charge is 2.06. The second-order valence-electron chi connectivity index (χ2n) is 5.51. The van der Waals surface area contributed by atoms with Crippen LogP contribution in [0.2, 0.25) is 0 Å². The molecule has 3 nitrogen and oxygen atoms in total. The average Bonchev–Trinajstić information content (AvgIpc) is 3.16. The standard InChI is InChI=1S/C21H20BrNO2S/c22-12-4-5-17-8-10-18(11-9-17)20-15-23-21(25-20)16-26-14-13-24-19-6-2-1-3-7-19/h1-11,15H,12-14,16H2/b5-4+. The molecule has 3 aromatic rings. The molecule has 3 rings (SSSR count). The Kier molecular flexibility index (Phi) is 7.40. The number of halogens is 1. The van der Waals surface area contributed by atoms with Crippen LogP contribution >= 0.6 is 27.7 Å². The zero-order valence-electron chi connectivity index (χ0n) is 14.3. The van der Waals surface area contributed by atoms with Gasteiger partial charge in [0.1, 0.15) is 5.75 Å². The summed E-state index contributed by atoms with van der Waals surface area (Å²) in [6, 6.07) is 18.1. The fraction of sp³-hybridized carbons (Fsp3) is 0.190. The van der Waals surface area contributed by atoms with Crippen LogP contribution in [0.1, 0.15) is 11.5 Å². The third-order valence-corrected chi connectivity index (χ3v) is 4.89. The minimum atomic E-state index is 0.672. The molecule has 0 bridgehead atoms. The second-order valence-corrected chi connectivity index (χ2v) is 7.26. The molecule has 1 aromatic heterocycles. The van der Waals surface area contributed by atoms with Crippen LogP contribution < -0.4 is 4.74 Å². The Bertz CT molecular complexity index is 816. The minimum Gasteiger partial charge on any atom is -0.493 e. The third kappa shape index (κ3) is 5.78. The topological polar surface area (TPSA) is 35.3 Å². The summed E-state index contributed by atoms with van der Waals surface area (Å²) in [7, 11) is 0. The van der Waals surface area contributed by atoms with Crippen molar-refractivity contribution in [3.63, 3.8) is 0 Å². The number of hydrogen-bond acceptors (Lipinski definition) is 4. The molecule has 0 radical (unpaired) electrons. The van der Waals surface area contributed by atoms with Gasteiger partial charge in [-0.1, -0.05) is 70.5 Å². The first kappa shape index (κ1) is 18.8. The molecule has 26 heavy (non-hydrogen) atoms. The van der Waals surface area contributed by atoms with Crippen molar-refractivity contribution in [3.05, 3.63) is 78.3 Å². The van der Waals surface area contributed by atoms with Gasteiger partial charge in [-0.05, 0) is 17.7 Å². The van der Waals surface area contributed by atoms with Crippen molar-refractivity contribution in [2.75, 3.05) is 17.7 Å². The van der Waals surface area contributed by atoms with E-state index in [2.05, 4.69) is 57.3 Å². The van der Waals surface area contributed by atoms with E-state index >= 15 is 0 Å². The first-order valence-corrected chi connectivity index (χ1v) is 10.7. The van der Waals surface area contributed by atoms with Gasteiger partial charge in [-0.2, -0.15) is 0 Å². The van der Waals surface area contributed by atoms with Crippen molar-refractivity contribution in [2.45, 2.75) is 5.75 Å². The van der Waals surface area contributed by atoms with E-state index in [-0.39, 0.29) is 0 Å². The van der Waals surface area contributed by atoms with E-state index in [0.29, 0.717) is 6.61 Å². The SMILES string of the molecule is BrC/C=C/c1ccc(-c2cnc(CSCCOc3ccccc3)o2)cc1. The molecule has 5 heteroatoms. The zero-order chi connectivity index (χ0) is 18.0. The van der Waals surface area contributed by atoms with E-state index in [0.717, 1.165) is 39.8 Å². The molecule has 0 aliphatic rings. The van der Waals surface area contributed by atoms with Gasteiger partial charge in [0.2, 0.25) is 5.89 Å². The molecule has 0 amide bonds. The number of para-hydroxylation sites is 1. The Balaban J connectivity index is 1.45. The largest absolute Gasteiger partial charge is 0.493 e. The Morgan fingerprint density at radius 2 is 1.88 bits per heavy atom. The predicted molar refractivity (Wildman–Crippen MR) is 113 cm³/mol. The highest BCUT2D eigenvalue weighted by atomic mass is 79.9. The van der Waals surface area contributed by atoms with E-state index in [1.807, 2.05) is 30.3 Å². The smallest absolute Gasteiger partial charge is 0.204 e. The Hall–Kier alpha value is -1.98. The maximum Gasteiger partial charge on any atom is 0.204 e. The lowest BCUT2D eigenvalue weighted by Crippen LogP contribution is -2.00. The molecule has 0 unspecified atom stereocenters. The highest BCUT2D eigenvalue weighted by molar-refractivity contribution is 9.09. The summed E-state index contributed by atoms with van der Waals surface area (Å²) >= 11 is 5.13. The molecule has 0 saturated heterocycles. The van der Waals surface area contributed by atoms with Crippen LogP contribution in [0.15, 0.2) is 71.3 Å². The number of benzene rings is 2. The number of alkyl halides is 1. The number of allylic oxidation sites excluding steroid dienone is 1. The molecule has 0 fully saturated rings. The Labute approximate surface area is 166 Å². The van der Waals surface area contributed by atoms with Crippen LogP contribution in [0, 0.1) is 0 Å². The number of thioether (sulfide) groups is 1. The molecule has 134 valence electrons. The maximum atomic E-state index is 5.86.